The zero-order valence-electron chi connectivity index (χ0n) is 10.4. The Morgan fingerprint density at radius 2 is 2.18 bits per heavy atom. The molecule has 1 saturated carbocycles. The number of nitrogens with zero attached hydrogens (tertiary/aromatic N) is 1. The lowest BCUT2D eigenvalue weighted by Gasteiger charge is -2.31. The van der Waals surface area contributed by atoms with Crippen LogP contribution in [0.4, 0.5) is 0 Å². The fourth-order valence-electron chi connectivity index (χ4n) is 2.69. The fourth-order valence-corrected chi connectivity index (χ4v) is 2.69. The third-order valence-corrected chi connectivity index (χ3v) is 3.73. The highest BCUT2D eigenvalue weighted by molar-refractivity contribution is 5.03. The number of nitrogens with two attached hydrogens (primary N) is 1. The molecule has 2 rings (SSSR count). The van der Waals surface area contributed by atoms with Crippen LogP contribution in [0.3, 0.4) is 0 Å². The summed E-state index contributed by atoms with van der Waals surface area (Å²) in [4.78, 5) is 4.34. The van der Waals surface area contributed by atoms with E-state index in [9.17, 15) is 0 Å². The lowest BCUT2D eigenvalue weighted by molar-refractivity contribution is 0.269. The normalized spacial score (nSPS) is 24.8. The largest absolute Gasteiger partial charge is 0.330 e. The molecule has 1 aromatic rings. The number of aromatic nitrogens is 1. The molecule has 0 spiro atoms. The van der Waals surface area contributed by atoms with E-state index in [0.717, 1.165) is 19.5 Å². The molecule has 3 N–H and O–H groups in total. The zero-order valence-corrected chi connectivity index (χ0v) is 10.4. The van der Waals surface area contributed by atoms with Crippen molar-refractivity contribution in [2.45, 2.75) is 38.1 Å². The lowest BCUT2D eigenvalue weighted by Crippen LogP contribution is -2.42. The summed E-state index contributed by atoms with van der Waals surface area (Å²) in [5.74, 6) is 0.674. The van der Waals surface area contributed by atoms with Crippen LogP contribution in [0.25, 0.3) is 0 Å². The highest BCUT2D eigenvalue weighted by Gasteiger charge is 2.22. The van der Waals surface area contributed by atoms with Crippen molar-refractivity contribution in [3.05, 3.63) is 30.1 Å². The van der Waals surface area contributed by atoms with Crippen molar-refractivity contribution in [3.8, 4) is 0 Å². The predicted molar refractivity (Wildman–Crippen MR) is 70.7 cm³/mol. The quantitative estimate of drug-likeness (QED) is 0.814. The summed E-state index contributed by atoms with van der Waals surface area (Å²) < 4.78 is 0. The molecular weight excluding hydrogens is 210 g/mol. The Kier molecular flexibility index (Phi) is 4.95. The first-order valence-corrected chi connectivity index (χ1v) is 6.73. The molecule has 17 heavy (non-hydrogen) atoms. The monoisotopic (exact) mass is 233 g/mol. The average molecular weight is 233 g/mol. The van der Waals surface area contributed by atoms with Crippen molar-refractivity contribution in [3.63, 3.8) is 0 Å². The van der Waals surface area contributed by atoms with Crippen LogP contribution in [-0.4, -0.2) is 24.1 Å². The Labute approximate surface area is 104 Å². The van der Waals surface area contributed by atoms with Gasteiger partial charge in [0, 0.05) is 30.9 Å². The van der Waals surface area contributed by atoms with Gasteiger partial charge < -0.3 is 11.1 Å². The molecule has 0 amide bonds. The number of hydrogen-bond acceptors (Lipinski definition) is 3. The van der Waals surface area contributed by atoms with Gasteiger partial charge in [0.05, 0.1) is 0 Å². The van der Waals surface area contributed by atoms with Gasteiger partial charge >= 0.3 is 0 Å². The summed E-state index contributed by atoms with van der Waals surface area (Å²) in [5.41, 5.74) is 6.99. The van der Waals surface area contributed by atoms with Crippen molar-refractivity contribution in [1.82, 2.24) is 10.3 Å². The van der Waals surface area contributed by atoms with Gasteiger partial charge in [-0.15, -0.1) is 0 Å². The summed E-state index contributed by atoms with van der Waals surface area (Å²) in [6.07, 6.45) is 8.13. The van der Waals surface area contributed by atoms with E-state index in [1.165, 1.54) is 31.4 Å². The minimum atomic E-state index is 0.623. The van der Waals surface area contributed by atoms with Crippen molar-refractivity contribution in [2.75, 3.05) is 13.1 Å². The molecule has 0 radical (unpaired) electrons. The summed E-state index contributed by atoms with van der Waals surface area (Å²) >= 11 is 0. The average Bonchev–Trinajstić information content (AvgIpc) is 2.40. The van der Waals surface area contributed by atoms with Gasteiger partial charge in [-0.1, -0.05) is 18.9 Å². The molecule has 3 heteroatoms. The zero-order chi connectivity index (χ0) is 11.9. The molecule has 1 aliphatic rings. The second-order valence-electron chi connectivity index (χ2n) is 4.91. The fraction of sp³-hybridized carbons (Fsp3) is 0.643. The molecule has 0 bridgehead atoms. The van der Waals surface area contributed by atoms with Crippen LogP contribution in [0.15, 0.2) is 24.4 Å². The van der Waals surface area contributed by atoms with E-state index in [0.29, 0.717) is 12.0 Å². The molecule has 1 aromatic heterocycles. The third-order valence-electron chi connectivity index (χ3n) is 3.73. The number of pyridine rings is 1. The number of rotatable bonds is 5. The number of hydrogen-bond donors (Lipinski definition) is 2. The minimum Gasteiger partial charge on any atom is -0.330 e. The molecule has 0 aliphatic heterocycles. The Hall–Kier alpha value is -0.930. The van der Waals surface area contributed by atoms with E-state index in [-0.39, 0.29) is 0 Å². The van der Waals surface area contributed by atoms with Crippen LogP contribution < -0.4 is 11.1 Å². The van der Waals surface area contributed by atoms with Crippen LogP contribution in [0.2, 0.25) is 0 Å². The Bertz CT molecular complexity index is 313. The van der Waals surface area contributed by atoms with Crippen molar-refractivity contribution >= 4 is 0 Å². The van der Waals surface area contributed by atoms with E-state index in [4.69, 9.17) is 5.73 Å². The van der Waals surface area contributed by atoms with Crippen LogP contribution in [0.1, 0.15) is 31.4 Å². The predicted octanol–water partition coefficient (Wildman–Crippen LogP) is 1.73. The van der Waals surface area contributed by atoms with Gasteiger partial charge in [-0.25, -0.2) is 0 Å². The Balaban J connectivity index is 1.74. The topological polar surface area (TPSA) is 50.9 Å². The first-order chi connectivity index (χ1) is 8.40. The first kappa shape index (κ1) is 12.5. The van der Waals surface area contributed by atoms with Crippen molar-refractivity contribution in [2.24, 2.45) is 11.7 Å². The summed E-state index contributed by atoms with van der Waals surface area (Å²) in [6.45, 7) is 1.83. The van der Waals surface area contributed by atoms with Crippen molar-refractivity contribution in [1.29, 1.82) is 0 Å². The second-order valence-corrected chi connectivity index (χ2v) is 4.91. The second kappa shape index (κ2) is 6.72. The Morgan fingerprint density at radius 3 is 2.94 bits per heavy atom. The third kappa shape index (κ3) is 3.79. The first-order valence-electron chi connectivity index (χ1n) is 6.73. The molecule has 3 nitrogen and oxygen atoms in total. The smallest absolute Gasteiger partial charge is 0.0416 e. The minimum absolute atomic E-state index is 0.623. The lowest BCUT2D eigenvalue weighted by atomic mass is 9.84. The van der Waals surface area contributed by atoms with E-state index in [1.54, 1.807) is 0 Å². The van der Waals surface area contributed by atoms with Gasteiger partial charge in [-0.2, -0.15) is 0 Å². The molecule has 0 aromatic carbocycles. The molecule has 1 fully saturated rings. The molecule has 0 saturated heterocycles. The molecule has 94 valence electrons. The summed E-state index contributed by atoms with van der Waals surface area (Å²) in [5, 5.41) is 3.65. The Morgan fingerprint density at radius 1 is 1.29 bits per heavy atom. The standard InChI is InChI=1S/C14H23N3/c15-11-12-5-1-2-7-14(12)17-10-8-13-6-3-4-9-16-13/h3-4,6,9,12,14,17H,1-2,5,7-8,10-11,15H2. The van der Waals surface area contributed by atoms with E-state index in [1.807, 2.05) is 18.3 Å². The van der Waals surface area contributed by atoms with Gasteiger partial charge in [0.1, 0.15) is 0 Å². The van der Waals surface area contributed by atoms with Crippen molar-refractivity contribution < 1.29 is 0 Å². The van der Waals surface area contributed by atoms with Crippen LogP contribution in [-0.2, 0) is 6.42 Å². The highest BCUT2D eigenvalue weighted by atomic mass is 14.9. The van der Waals surface area contributed by atoms with Gasteiger partial charge in [0.25, 0.3) is 0 Å². The van der Waals surface area contributed by atoms with E-state index in [2.05, 4.69) is 16.4 Å². The van der Waals surface area contributed by atoms with Gasteiger partial charge in [0.15, 0.2) is 0 Å². The highest BCUT2D eigenvalue weighted by Crippen LogP contribution is 2.23. The summed E-state index contributed by atoms with van der Waals surface area (Å²) in [6, 6.07) is 6.72. The molecular formula is C14H23N3. The van der Waals surface area contributed by atoms with Gasteiger partial charge in [-0.3, -0.25) is 4.98 Å². The van der Waals surface area contributed by atoms with E-state index < -0.39 is 0 Å². The maximum absolute atomic E-state index is 5.82. The van der Waals surface area contributed by atoms with Gasteiger partial charge in [-0.05, 0) is 37.4 Å². The summed E-state index contributed by atoms with van der Waals surface area (Å²) in [7, 11) is 0. The molecule has 2 atom stereocenters. The maximum Gasteiger partial charge on any atom is 0.0416 e. The van der Waals surface area contributed by atoms with E-state index >= 15 is 0 Å². The van der Waals surface area contributed by atoms with Crippen LogP contribution in [0, 0.1) is 5.92 Å². The SMILES string of the molecule is NCC1CCCCC1NCCc1ccccn1. The van der Waals surface area contributed by atoms with Crippen LogP contribution in [0.5, 0.6) is 0 Å². The molecule has 1 heterocycles. The maximum atomic E-state index is 5.82. The van der Waals surface area contributed by atoms with Gasteiger partial charge in [0.2, 0.25) is 0 Å². The number of nitrogens with one attached hydrogen (secondary N) is 1. The van der Waals surface area contributed by atoms with Crippen LogP contribution >= 0.6 is 0 Å². The molecule has 2 unspecified atom stereocenters. The molecule has 1 aliphatic carbocycles.